The lowest BCUT2D eigenvalue weighted by molar-refractivity contribution is -0.213. The first-order valence-corrected chi connectivity index (χ1v) is 11.7. The number of hydrogen-bond donors (Lipinski definition) is 2. The predicted octanol–water partition coefficient (Wildman–Crippen LogP) is 5.43. The van der Waals surface area contributed by atoms with Crippen molar-refractivity contribution in [2.45, 2.75) is 38.1 Å². The van der Waals surface area contributed by atoms with Crippen LogP contribution in [0.25, 0.3) is 10.9 Å². The molecule has 2 atom stereocenters. The summed E-state index contributed by atoms with van der Waals surface area (Å²) in [5.41, 5.74) is 4.46. The molecule has 1 unspecified atom stereocenters. The highest BCUT2D eigenvalue weighted by molar-refractivity contribution is 6.31. The lowest BCUT2D eigenvalue weighted by atomic mass is 9.86. The third kappa shape index (κ3) is 4.18. The summed E-state index contributed by atoms with van der Waals surface area (Å²) in [5.74, 6) is 1.36. The van der Waals surface area contributed by atoms with Gasteiger partial charge >= 0.3 is 0 Å². The Balaban J connectivity index is 1.49. The average molecular weight is 453 g/mol. The number of hydrogen-bond acceptors (Lipinski definition) is 4. The van der Waals surface area contributed by atoms with Crippen LogP contribution in [0.2, 0.25) is 5.02 Å². The van der Waals surface area contributed by atoms with E-state index in [2.05, 4.69) is 23.7 Å². The first-order chi connectivity index (χ1) is 15.6. The van der Waals surface area contributed by atoms with Crippen molar-refractivity contribution in [3.63, 3.8) is 0 Å². The fourth-order valence-electron chi connectivity index (χ4n) is 4.75. The molecule has 5 rings (SSSR count). The Morgan fingerprint density at radius 3 is 2.75 bits per heavy atom. The standard InChI is InChI=1S/C26H29ClN2O3/c1-2-14-31-20-9-6-18(7-10-20)25-24-21(22-15-19(27)8-11-23(22)28-24)12-13-29(25)26(30)32-16-17-4-3-5-17/h2,6-11,15,17,25-26,28,30H,1,3-5,12-14,16H2/t25-,26?/m0/s1. The SMILES string of the molecule is C=CCOc1ccc([C@H]2c3[nH]c4ccc(Cl)cc4c3CCN2C(O)OCC2CCC2)cc1. The van der Waals surface area contributed by atoms with Crippen molar-refractivity contribution in [3.05, 3.63) is 77.0 Å². The molecular weight excluding hydrogens is 424 g/mol. The van der Waals surface area contributed by atoms with Crippen molar-refractivity contribution in [1.29, 1.82) is 0 Å². The zero-order chi connectivity index (χ0) is 22.1. The molecule has 0 radical (unpaired) electrons. The molecule has 5 nitrogen and oxygen atoms in total. The number of H-pyrrole nitrogens is 1. The topological polar surface area (TPSA) is 57.7 Å². The van der Waals surface area contributed by atoms with Crippen LogP contribution < -0.4 is 4.74 Å². The van der Waals surface area contributed by atoms with Crippen LogP contribution >= 0.6 is 11.6 Å². The maximum Gasteiger partial charge on any atom is 0.216 e. The van der Waals surface area contributed by atoms with Gasteiger partial charge in [0.2, 0.25) is 6.41 Å². The summed E-state index contributed by atoms with van der Waals surface area (Å²) in [6.45, 7) is 5.47. The summed E-state index contributed by atoms with van der Waals surface area (Å²) < 4.78 is 11.6. The molecule has 2 heterocycles. The van der Waals surface area contributed by atoms with Gasteiger partial charge in [0.15, 0.2) is 0 Å². The lowest BCUT2D eigenvalue weighted by Gasteiger charge is -2.39. The molecule has 32 heavy (non-hydrogen) atoms. The largest absolute Gasteiger partial charge is 0.490 e. The summed E-state index contributed by atoms with van der Waals surface area (Å²) in [6, 6.07) is 13.8. The highest BCUT2D eigenvalue weighted by Gasteiger charge is 2.36. The summed E-state index contributed by atoms with van der Waals surface area (Å²) in [4.78, 5) is 5.64. The number of aliphatic hydroxyl groups is 1. The molecule has 1 fully saturated rings. The highest BCUT2D eigenvalue weighted by Crippen LogP contribution is 2.40. The number of halogens is 1. The normalized spacial score (nSPS) is 20.0. The maximum atomic E-state index is 11.0. The summed E-state index contributed by atoms with van der Waals surface area (Å²) in [7, 11) is 0. The number of aromatic nitrogens is 1. The van der Waals surface area contributed by atoms with Crippen molar-refractivity contribution in [3.8, 4) is 5.75 Å². The third-order valence-corrected chi connectivity index (χ3v) is 6.91. The van der Waals surface area contributed by atoms with Gasteiger partial charge in [0.25, 0.3) is 0 Å². The zero-order valence-corrected chi connectivity index (χ0v) is 18.9. The predicted molar refractivity (Wildman–Crippen MR) is 127 cm³/mol. The van der Waals surface area contributed by atoms with Gasteiger partial charge in [0, 0.05) is 28.2 Å². The van der Waals surface area contributed by atoms with Crippen LogP contribution in [0.5, 0.6) is 5.75 Å². The molecule has 0 saturated heterocycles. The zero-order valence-electron chi connectivity index (χ0n) is 18.1. The Morgan fingerprint density at radius 2 is 2.03 bits per heavy atom. The molecule has 2 aliphatic rings. The number of aromatic amines is 1. The first-order valence-electron chi connectivity index (χ1n) is 11.3. The summed E-state index contributed by atoms with van der Waals surface area (Å²) >= 11 is 6.29. The van der Waals surface area contributed by atoms with E-state index in [1.165, 1.54) is 24.8 Å². The molecule has 2 aromatic carbocycles. The van der Waals surface area contributed by atoms with Gasteiger partial charge in [-0.1, -0.05) is 42.8 Å². The molecule has 1 aromatic heterocycles. The smallest absolute Gasteiger partial charge is 0.216 e. The number of nitrogens with one attached hydrogen (secondary N) is 1. The molecule has 3 aromatic rings. The number of rotatable bonds is 8. The summed E-state index contributed by atoms with van der Waals surface area (Å²) in [6.07, 6.45) is 5.23. The molecule has 0 spiro atoms. The van der Waals surface area contributed by atoms with E-state index in [9.17, 15) is 5.11 Å². The Labute approximate surface area is 193 Å². The highest BCUT2D eigenvalue weighted by atomic mass is 35.5. The lowest BCUT2D eigenvalue weighted by Crippen LogP contribution is -2.45. The van der Waals surface area contributed by atoms with Gasteiger partial charge < -0.3 is 19.6 Å². The Kier molecular flexibility index (Phi) is 6.24. The molecule has 168 valence electrons. The van der Waals surface area contributed by atoms with Gasteiger partial charge in [-0.2, -0.15) is 0 Å². The van der Waals surface area contributed by atoms with Crippen LogP contribution in [0, 0.1) is 5.92 Å². The van der Waals surface area contributed by atoms with E-state index < -0.39 is 6.41 Å². The molecule has 1 aliphatic heterocycles. The number of fused-ring (bicyclic) bond motifs is 3. The van der Waals surface area contributed by atoms with E-state index in [4.69, 9.17) is 21.1 Å². The Bertz CT molecular complexity index is 1090. The Morgan fingerprint density at radius 1 is 1.22 bits per heavy atom. The molecule has 2 N–H and O–H groups in total. The van der Waals surface area contributed by atoms with Gasteiger partial charge in [0.1, 0.15) is 12.4 Å². The second kappa shape index (κ2) is 9.28. The second-order valence-electron chi connectivity index (χ2n) is 8.72. The van der Waals surface area contributed by atoms with Crippen LogP contribution in [0.1, 0.15) is 42.1 Å². The van der Waals surface area contributed by atoms with Crippen molar-refractivity contribution in [2.75, 3.05) is 19.8 Å². The van der Waals surface area contributed by atoms with E-state index >= 15 is 0 Å². The van der Waals surface area contributed by atoms with Crippen molar-refractivity contribution in [1.82, 2.24) is 9.88 Å². The Hall–Kier alpha value is -2.31. The van der Waals surface area contributed by atoms with Crippen molar-refractivity contribution in [2.24, 2.45) is 5.92 Å². The number of benzene rings is 2. The minimum absolute atomic E-state index is 0.158. The third-order valence-electron chi connectivity index (χ3n) is 6.68. The van der Waals surface area contributed by atoms with Crippen LogP contribution in [0.15, 0.2) is 55.1 Å². The van der Waals surface area contributed by atoms with Gasteiger partial charge in [-0.05, 0) is 66.6 Å². The second-order valence-corrected chi connectivity index (χ2v) is 9.16. The van der Waals surface area contributed by atoms with Crippen LogP contribution in [0.3, 0.4) is 0 Å². The number of nitrogens with zero attached hydrogens (tertiary/aromatic N) is 1. The van der Waals surface area contributed by atoms with Gasteiger partial charge in [-0.15, -0.1) is 0 Å². The molecule has 1 aliphatic carbocycles. The molecule has 0 amide bonds. The fourth-order valence-corrected chi connectivity index (χ4v) is 4.93. The quantitative estimate of drug-likeness (QED) is 0.353. The van der Waals surface area contributed by atoms with Crippen molar-refractivity contribution < 1.29 is 14.6 Å². The van der Waals surface area contributed by atoms with E-state index in [1.807, 2.05) is 35.2 Å². The average Bonchev–Trinajstić information content (AvgIpc) is 3.14. The molecule has 0 bridgehead atoms. The van der Waals surface area contributed by atoms with Crippen molar-refractivity contribution >= 4 is 22.5 Å². The first kappa shape index (κ1) is 21.5. The molecule has 6 heteroatoms. The monoisotopic (exact) mass is 452 g/mol. The minimum Gasteiger partial charge on any atom is -0.490 e. The summed E-state index contributed by atoms with van der Waals surface area (Å²) in [5, 5.41) is 12.9. The van der Waals surface area contributed by atoms with Crippen LogP contribution in [-0.4, -0.2) is 41.2 Å². The van der Waals surface area contributed by atoms with Crippen LogP contribution in [0.4, 0.5) is 0 Å². The number of aliphatic hydroxyl groups excluding tert-OH is 1. The van der Waals surface area contributed by atoms with Gasteiger partial charge in [0.05, 0.1) is 12.6 Å². The fraction of sp³-hybridized carbons (Fsp3) is 0.385. The van der Waals surface area contributed by atoms with E-state index in [0.29, 0.717) is 25.7 Å². The molecular formula is C26H29ClN2O3. The molecule has 1 saturated carbocycles. The van der Waals surface area contributed by atoms with Gasteiger partial charge in [-0.3, -0.25) is 0 Å². The maximum absolute atomic E-state index is 11.0. The minimum atomic E-state index is -0.958. The van der Waals surface area contributed by atoms with Gasteiger partial charge in [-0.25, -0.2) is 4.90 Å². The van der Waals surface area contributed by atoms with Crippen LogP contribution in [-0.2, 0) is 11.2 Å². The van der Waals surface area contributed by atoms with E-state index in [1.54, 1.807) is 6.08 Å². The van der Waals surface area contributed by atoms with E-state index in [0.717, 1.165) is 39.4 Å². The number of ether oxygens (including phenoxy) is 2. The van der Waals surface area contributed by atoms with E-state index in [-0.39, 0.29) is 6.04 Å².